The molecular weight excluding hydrogens is 336 g/mol. The van der Waals surface area contributed by atoms with E-state index in [1.54, 1.807) is 12.3 Å². The van der Waals surface area contributed by atoms with Crippen LogP contribution in [0.15, 0.2) is 89.5 Å². The van der Waals surface area contributed by atoms with Gasteiger partial charge in [-0.3, -0.25) is 4.79 Å². The first-order valence-corrected chi connectivity index (χ1v) is 8.68. The average molecular weight is 354 g/mol. The minimum Gasteiger partial charge on any atom is -0.444 e. The second-order valence-corrected chi connectivity index (χ2v) is 6.30. The molecule has 1 N–H and O–H groups in total. The highest BCUT2D eigenvalue weighted by molar-refractivity contribution is 6.04. The summed E-state index contributed by atoms with van der Waals surface area (Å²) < 4.78 is 5.61. The highest BCUT2D eigenvalue weighted by Gasteiger charge is 2.10. The third-order valence-electron chi connectivity index (χ3n) is 4.24. The summed E-state index contributed by atoms with van der Waals surface area (Å²) in [6.07, 6.45) is 1.65. The van der Waals surface area contributed by atoms with Gasteiger partial charge in [0.05, 0.1) is 0 Å². The lowest BCUT2D eigenvalue weighted by Crippen LogP contribution is -2.11. The summed E-state index contributed by atoms with van der Waals surface area (Å²) in [6.45, 7) is 1.96. The van der Waals surface area contributed by atoms with E-state index in [-0.39, 0.29) is 5.91 Å². The van der Waals surface area contributed by atoms with Crippen LogP contribution in [0, 0.1) is 6.92 Å². The molecule has 4 rings (SSSR count). The Morgan fingerprint density at radius 1 is 0.889 bits per heavy atom. The molecule has 132 valence electrons. The molecule has 4 nitrogen and oxygen atoms in total. The number of oxazole rings is 1. The number of nitrogens with zero attached hydrogens (tertiary/aromatic N) is 1. The Labute approximate surface area is 157 Å². The predicted octanol–water partition coefficient (Wildman–Crippen LogP) is 5.57. The zero-order chi connectivity index (χ0) is 18.6. The zero-order valence-electron chi connectivity index (χ0n) is 14.8. The van der Waals surface area contributed by atoms with Crippen LogP contribution in [-0.4, -0.2) is 10.9 Å². The molecule has 0 spiro atoms. The fraction of sp³-hybridized carbons (Fsp3) is 0.0435. The quantitative estimate of drug-likeness (QED) is 0.521. The molecule has 1 aromatic heterocycles. The molecule has 0 atom stereocenters. The van der Waals surface area contributed by atoms with Crippen LogP contribution < -0.4 is 5.32 Å². The lowest BCUT2D eigenvalue weighted by Gasteiger charge is -2.06. The van der Waals surface area contributed by atoms with Gasteiger partial charge in [0.2, 0.25) is 5.89 Å². The van der Waals surface area contributed by atoms with Gasteiger partial charge in [-0.05, 0) is 43.3 Å². The van der Waals surface area contributed by atoms with Crippen LogP contribution in [0.25, 0.3) is 22.7 Å². The van der Waals surface area contributed by atoms with Gasteiger partial charge >= 0.3 is 0 Å². The number of aryl methyl sites for hydroxylation is 1. The maximum Gasteiger partial charge on any atom is 0.255 e. The monoisotopic (exact) mass is 354 g/mol. The van der Waals surface area contributed by atoms with Crippen molar-refractivity contribution in [3.05, 3.63) is 96.3 Å². The third-order valence-corrected chi connectivity index (χ3v) is 4.24. The smallest absolute Gasteiger partial charge is 0.255 e. The summed E-state index contributed by atoms with van der Waals surface area (Å²) in [5.41, 5.74) is 5.07. The molecule has 0 aliphatic heterocycles. The van der Waals surface area contributed by atoms with Crippen molar-refractivity contribution in [3.63, 3.8) is 0 Å². The number of rotatable bonds is 4. The number of amides is 1. The van der Waals surface area contributed by atoms with Crippen LogP contribution in [0.5, 0.6) is 0 Å². The van der Waals surface area contributed by atoms with E-state index in [4.69, 9.17) is 4.42 Å². The van der Waals surface area contributed by atoms with Crippen molar-refractivity contribution in [1.82, 2.24) is 4.98 Å². The number of aromatic nitrogens is 1. The minimum absolute atomic E-state index is 0.131. The standard InChI is InChI=1S/C23H18N2O2/c1-16-6-5-9-19(14-16)22(26)24-20-12-10-18(11-13-20)23-25-21(15-27-23)17-7-3-2-4-8-17/h2-15H,1H3,(H,24,26). The molecule has 0 fully saturated rings. The molecule has 0 radical (unpaired) electrons. The molecule has 4 heteroatoms. The number of carbonyl (C=O) groups excluding carboxylic acids is 1. The van der Waals surface area contributed by atoms with Crippen molar-refractivity contribution in [1.29, 1.82) is 0 Å². The summed E-state index contributed by atoms with van der Waals surface area (Å²) in [6, 6.07) is 24.8. The Kier molecular flexibility index (Phi) is 4.54. The second-order valence-electron chi connectivity index (χ2n) is 6.30. The molecule has 0 saturated carbocycles. The second kappa shape index (κ2) is 7.30. The first-order chi connectivity index (χ1) is 13.2. The molecule has 1 heterocycles. The molecule has 27 heavy (non-hydrogen) atoms. The maximum absolute atomic E-state index is 12.3. The Hall–Kier alpha value is -3.66. The van der Waals surface area contributed by atoms with E-state index < -0.39 is 0 Å². The first-order valence-electron chi connectivity index (χ1n) is 8.68. The molecule has 4 aromatic rings. The van der Waals surface area contributed by atoms with Crippen LogP contribution in [-0.2, 0) is 0 Å². The number of carbonyl (C=O) groups is 1. The highest BCUT2D eigenvalue weighted by atomic mass is 16.3. The van der Waals surface area contributed by atoms with Crippen LogP contribution in [0.1, 0.15) is 15.9 Å². The highest BCUT2D eigenvalue weighted by Crippen LogP contribution is 2.25. The average Bonchev–Trinajstić information content (AvgIpc) is 3.19. The summed E-state index contributed by atoms with van der Waals surface area (Å²) in [5.74, 6) is 0.416. The maximum atomic E-state index is 12.3. The Morgan fingerprint density at radius 2 is 1.67 bits per heavy atom. The van der Waals surface area contributed by atoms with E-state index in [1.165, 1.54) is 0 Å². The van der Waals surface area contributed by atoms with Gasteiger partial charge in [-0.1, -0.05) is 48.0 Å². The molecule has 3 aromatic carbocycles. The summed E-state index contributed by atoms with van der Waals surface area (Å²) >= 11 is 0. The lowest BCUT2D eigenvalue weighted by atomic mass is 10.1. The summed E-state index contributed by atoms with van der Waals surface area (Å²) in [4.78, 5) is 16.9. The van der Waals surface area contributed by atoms with E-state index >= 15 is 0 Å². The van der Waals surface area contributed by atoms with E-state index in [1.807, 2.05) is 79.7 Å². The van der Waals surface area contributed by atoms with Crippen LogP contribution in [0.4, 0.5) is 5.69 Å². The van der Waals surface area contributed by atoms with Gasteiger partial charge in [0.15, 0.2) is 0 Å². The number of hydrogen-bond acceptors (Lipinski definition) is 3. The molecule has 1 amide bonds. The summed E-state index contributed by atoms with van der Waals surface area (Å²) in [7, 11) is 0. The number of nitrogens with one attached hydrogen (secondary N) is 1. The van der Waals surface area contributed by atoms with Gasteiger partial charge < -0.3 is 9.73 Å². The first kappa shape index (κ1) is 16.8. The molecular formula is C23H18N2O2. The number of hydrogen-bond donors (Lipinski definition) is 1. The molecule has 0 bridgehead atoms. The Bertz CT molecular complexity index is 1070. The SMILES string of the molecule is Cc1cccc(C(=O)Nc2ccc(-c3nc(-c4ccccc4)co3)cc2)c1. The molecule has 0 aliphatic rings. The van der Waals surface area contributed by atoms with Crippen molar-refractivity contribution < 1.29 is 9.21 Å². The Morgan fingerprint density at radius 3 is 2.41 bits per heavy atom. The Balaban J connectivity index is 1.49. The van der Waals surface area contributed by atoms with E-state index in [2.05, 4.69) is 10.3 Å². The zero-order valence-corrected chi connectivity index (χ0v) is 14.8. The van der Waals surface area contributed by atoms with Crippen LogP contribution in [0.3, 0.4) is 0 Å². The van der Waals surface area contributed by atoms with E-state index in [0.29, 0.717) is 11.5 Å². The molecule has 0 saturated heterocycles. The van der Waals surface area contributed by atoms with Gasteiger partial charge in [-0.25, -0.2) is 4.98 Å². The van der Waals surface area contributed by atoms with Crippen molar-refractivity contribution in [3.8, 4) is 22.7 Å². The fourth-order valence-electron chi connectivity index (χ4n) is 2.83. The number of anilines is 1. The largest absolute Gasteiger partial charge is 0.444 e. The van der Waals surface area contributed by atoms with Gasteiger partial charge in [-0.2, -0.15) is 0 Å². The van der Waals surface area contributed by atoms with E-state index in [0.717, 1.165) is 28.1 Å². The fourth-order valence-corrected chi connectivity index (χ4v) is 2.83. The van der Waals surface area contributed by atoms with Gasteiger partial charge in [0.1, 0.15) is 12.0 Å². The van der Waals surface area contributed by atoms with Crippen LogP contribution in [0.2, 0.25) is 0 Å². The molecule has 0 unspecified atom stereocenters. The van der Waals surface area contributed by atoms with Gasteiger partial charge in [0, 0.05) is 22.4 Å². The van der Waals surface area contributed by atoms with Crippen molar-refractivity contribution in [2.75, 3.05) is 5.32 Å². The van der Waals surface area contributed by atoms with Crippen molar-refractivity contribution >= 4 is 11.6 Å². The van der Waals surface area contributed by atoms with Gasteiger partial charge in [0.25, 0.3) is 5.91 Å². The topological polar surface area (TPSA) is 55.1 Å². The van der Waals surface area contributed by atoms with Gasteiger partial charge in [-0.15, -0.1) is 0 Å². The lowest BCUT2D eigenvalue weighted by molar-refractivity contribution is 0.102. The normalized spacial score (nSPS) is 10.6. The summed E-state index contributed by atoms with van der Waals surface area (Å²) in [5, 5.41) is 2.91. The third kappa shape index (κ3) is 3.80. The van der Waals surface area contributed by atoms with Crippen molar-refractivity contribution in [2.45, 2.75) is 6.92 Å². The van der Waals surface area contributed by atoms with Crippen LogP contribution >= 0.6 is 0 Å². The predicted molar refractivity (Wildman–Crippen MR) is 107 cm³/mol. The van der Waals surface area contributed by atoms with Crippen molar-refractivity contribution in [2.24, 2.45) is 0 Å². The van der Waals surface area contributed by atoms with E-state index in [9.17, 15) is 4.79 Å². The molecule has 0 aliphatic carbocycles. The minimum atomic E-state index is -0.131. The number of benzene rings is 3.